The molecule has 68 valence electrons. The smallest absolute Gasteiger partial charge is 0.347 e. The molecule has 0 saturated carbocycles. The van der Waals surface area contributed by atoms with Gasteiger partial charge in [-0.15, -0.1) is 0 Å². The van der Waals surface area contributed by atoms with Crippen molar-refractivity contribution in [2.45, 2.75) is 13.2 Å². The lowest BCUT2D eigenvalue weighted by Crippen LogP contribution is -2.20. The van der Waals surface area contributed by atoms with Crippen LogP contribution < -0.4 is 0 Å². The summed E-state index contributed by atoms with van der Waals surface area (Å²) < 4.78 is 9.05. The lowest BCUT2D eigenvalue weighted by Gasteiger charge is -2.09. The summed E-state index contributed by atoms with van der Waals surface area (Å²) in [4.78, 5) is 20.9. The highest BCUT2D eigenvalue weighted by molar-refractivity contribution is 6.12. The maximum atomic E-state index is 10.8. The average molecular weight is 174 g/mol. The average Bonchev–Trinajstić information content (AvgIpc) is 2.02. The Labute approximate surface area is 69.6 Å². The largest absolute Gasteiger partial charge is 0.477 e. The molecule has 5 heteroatoms. The predicted molar refractivity (Wildman–Crippen MR) is 39.3 cm³/mol. The minimum atomic E-state index is -1.40. The van der Waals surface area contributed by atoms with Crippen molar-refractivity contribution < 1.29 is 24.2 Å². The molecule has 0 saturated heterocycles. The van der Waals surface area contributed by atoms with Crippen LogP contribution in [0.1, 0.15) is 6.92 Å². The van der Waals surface area contributed by atoms with Gasteiger partial charge in [-0.25, -0.2) is 9.59 Å². The molecule has 12 heavy (non-hydrogen) atoms. The van der Waals surface area contributed by atoms with Crippen molar-refractivity contribution in [3.8, 4) is 0 Å². The van der Waals surface area contributed by atoms with Crippen molar-refractivity contribution in [1.82, 2.24) is 0 Å². The van der Waals surface area contributed by atoms with Crippen molar-refractivity contribution in [2.75, 3.05) is 7.11 Å². The Balaban J connectivity index is 4.05. The van der Waals surface area contributed by atoms with Gasteiger partial charge in [0.15, 0.2) is 6.29 Å². The summed E-state index contributed by atoms with van der Waals surface area (Å²) in [6, 6.07) is 0. The number of hydrogen-bond acceptors (Lipinski definition) is 4. The summed E-state index contributed by atoms with van der Waals surface area (Å²) in [7, 11) is 1.33. The molecule has 0 aromatic rings. The number of aliphatic carboxylic acids is 1. The quantitative estimate of drug-likeness (QED) is 0.216. The van der Waals surface area contributed by atoms with Gasteiger partial charge in [-0.1, -0.05) is 6.58 Å². The van der Waals surface area contributed by atoms with Gasteiger partial charge < -0.3 is 14.6 Å². The molecule has 5 nitrogen and oxygen atoms in total. The standard InChI is InChI=1S/C7H10O5/c1-4(6(8)9)7(10)12-5(2)11-3/h5H,1H2,2-3H3,(H,8,9). The highest BCUT2D eigenvalue weighted by Gasteiger charge is 2.17. The summed E-state index contributed by atoms with van der Waals surface area (Å²) in [6.45, 7) is 4.48. The number of ether oxygens (including phenoxy) is 2. The van der Waals surface area contributed by atoms with Crippen LogP contribution >= 0.6 is 0 Å². The first-order valence-electron chi connectivity index (χ1n) is 3.15. The molecule has 0 spiro atoms. The van der Waals surface area contributed by atoms with E-state index in [0.29, 0.717) is 0 Å². The van der Waals surface area contributed by atoms with Gasteiger partial charge >= 0.3 is 11.9 Å². The molecule has 0 amide bonds. The molecule has 1 unspecified atom stereocenters. The van der Waals surface area contributed by atoms with E-state index in [-0.39, 0.29) is 0 Å². The van der Waals surface area contributed by atoms with E-state index in [4.69, 9.17) is 5.11 Å². The van der Waals surface area contributed by atoms with Gasteiger partial charge in [-0.05, 0) is 6.92 Å². The topological polar surface area (TPSA) is 72.8 Å². The van der Waals surface area contributed by atoms with Gasteiger partial charge in [-0.2, -0.15) is 0 Å². The van der Waals surface area contributed by atoms with E-state index in [1.54, 1.807) is 0 Å². The Morgan fingerprint density at radius 3 is 2.33 bits per heavy atom. The molecule has 1 atom stereocenters. The van der Waals surface area contributed by atoms with E-state index in [2.05, 4.69) is 16.1 Å². The number of carbonyl (C=O) groups is 2. The molecule has 0 bridgehead atoms. The van der Waals surface area contributed by atoms with E-state index >= 15 is 0 Å². The summed E-state index contributed by atoms with van der Waals surface area (Å²) in [5, 5.41) is 8.30. The zero-order chi connectivity index (χ0) is 9.72. The van der Waals surface area contributed by atoms with Gasteiger partial charge in [0.2, 0.25) is 0 Å². The van der Waals surface area contributed by atoms with Crippen LogP contribution in [0.15, 0.2) is 12.2 Å². The first-order valence-corrected chi connectivity index (χ1v) is 3.15. The molecule has 0 aliphatic rings. The molecule has 0 radical (unpaired) electrons. The number of carboxylic acids is 1. The van der Waals surface area contributed by atoms with Crippen molar-refractivity contribution in [3.05, 3.63) is 12.2 Å². The van der Waals surface area contributed by atoms with Gasteiger partial charge in [-0.3, -0.25) is 0 Å². The molecule has 0 aromatic carbocycles. The lowest BCUT2D eigenvalue weighted by atomic mass is 10.3. The van der Waals surface area contributed by atoms with Gasteiger partial charge in [0, 0.05) is 7.11 Å². The van der Waals surface area contributed by atoms with Crippen LogP contribution in [0, 0.1) is 0 Å². The van der Waals surface area contributed by atoms with Crippen LogP contribution in [0.25, 0.3) is 0 Å². The third-order valence-electron chi connectivity index (χ3n) is 1.11. The fourth-order valence-electron chi connectivity index (χ4n) is 0.357. The summed E-state index contributed by atoms with van der Waals surface area (Å²) >= 11 is 0. The number of carbonyl (C=O) groups excluding carboxylic acids is 1. The second-order valence-corrected chi connectivity index (χ2v) is 1.99. The number of esters is 1. The Morgan fingerprint density at radius 1 is 1.50 bits per heavy atom. The normalized spacial score (nSPS) is 11.8. The van der Waals surface area contributed by atoms with Gasteiger partial charge in [0.05, 0.1) is 0 Å². The molecule has 0 aliphatic carbocycles. The fraction of sp³-hybridized carbons (Fsp3) is 0.429. The highest BCUT2D eigenvalue weighted by atomic mass is 16.7. The predicted octanol–water partition coefficient (Wildman–Crippen LogP) is 0.163. The molecule has 0 aromatic heterocycles. The zero-order valence-electron chi connectivity index (χ0n) is 6.86. The Hall–Kier alpha value is -1.36. The van der Waals surface area contributed by atoms with Crippen LogP contribution in [0.5, 0.6) is 0 Å². The van der Waals surface area contributed by atoms with Gasteiger partial charge in [0.25, 0.3) is 0 Å². The maximum Gasteiger partial charge on any atom is 0.347 e. The monoisotopic (exact) mass is 174 g/mol. The molecular formula is C7H10O5. The zero-order valence-corrected chi connectivity index (χ0v) is 6.86. The minimum Gasteiger partial charge on any atom is -0.477 e. The third kappa shape index (κ3) is 3.16. The van der Waals surface area contributed by atoms with Crippen LogP contribution in [0.2, 0.25) is 0 Å². The molecular weight excluding hydrogens is 164 g/mol. The second-order valence-electron chi connectivity index (χ2n) is 1.99. The SMILES string of the molecule is C=C(C(=O)O)C(=O)OC(C)OC. The Morgan fingerprint density at radius 2 is 2.00 bits per heavy atom. The number of hydrogen-bond donors (Lipinski definition) is 1. The number of carboxylic acid groups (broad SMARTS) is 1. The van der Waals surface area contributed by atoms with Crippen molar-refractivity contribution in [3.63, 3.8) is 0 Å². The minimum absolute atomic E-state index is 0.612. The fourth-order valence-corrected chi connectivity index (χ4v) is 0.357. The molecule has 0 rings (SSSR count). The van der Waals surface area contributed by atoms with Crippen molar-refractivity contribution >= 4 is 11.9 Å². The summed E-state index contributed by atoms with van der Waals surface area (Å²) in [6.07, 6.45) is -0.770. The van der Waals surface area contributed by atoms with E-state index in [9.17, 15) is 9.59 Å². The van der Waals surface area contributed by atoms with E-state index in [1.807, 2.05) is 0 Å². The summed E-state index contributed by atoms with van der Waals surface area (Å²) in [5.41, 5.74) is -0.612. The van der Waals surface area contributed by atoms with Crippen LogP contribution in [0.4, 0.5) is 0 Å². The Bertz CT molecular complexity index is 208. The van der Waals surface area contributed by atoms with Crippen molar-refractivity contribution in [1.29, 1.82) is 0 Å². The molecule has 0 fully saturated rings. The Kier molecular flexibility index (Phi) is 3.99. The van der Waals surface area contributed by atoms with E-state index < -0.39 is 23.8 Å². The van der Waals surface area contributed by atoms with Gasteiger partial charge in [0.1, 0.15) is 5.57 Å². The summed E-state index contributed by atoms with van der Waals surface area (Å²) in [5.74, 6) is -2.39. The van der Waals surface area contributed by atoms with Crippen molar-refractivity contribution in [2.24, 2.45) is 0 Å². The first kappa shape index (κ1) is 10.6. The third-order valence-corrected chi connectivity index (χ3v) is 1.11. The van der Waals surface area contributed by atoms with Crippen LogP contribution in [-0.4, -0.2) is 30.4 Å². The second kappa shape index (κ2) is 4.50. The number of rotatable bonds is 4. The molecule has 0 heterocycles. The van der Waals surface area contributed by atoms with E-state index in [1.165, 1.54) is 14.0 Å². The maximum absolute atomic E-state index is 10.8. The van der Waals surface area contributed by atoms with Crippen LogP contribution in [-0.2, 0) is 19.1 Å². The lowest BCUT2D eigenvalue weighted by molar-refractivity contribution is -0.166. The number of methoxy groups -OCH3 is 1. The highest BCUT2D eigenvalue weighted by Crippen LogP contribution is 1.99. The first-order chi connectivity index (χ1) is 5.49. The molecule has 1 N–H and O–H groups in total. The van der Waals surface area contributed by atoms with Crippen LogP contribution in [0.3, 0.4) is 0 Å². The molecule has 0 aliphatic heterocycles. The van der Waals surface area contributed by atoms with E-state index in [0.717, 1.165) is 0 Å².